The van der Waals surface area contributed by atoms with Gasteiger partial charge in [-0.1, -0.05) is 28.2 Å². The van der Waals surface area contributed by atoms with Gasteiger partial charge in [-0.3, -0.25) is 4.79 Å². The maximum absolute atomic E-state index is 15.8. The van der Waals surface area contributed by atoms with Crippen molar-refractivity contribution in [1.82, 2.24) is 19.8 Å². The molecule has 0 bridgehead atoms. The lowest BCUT2D eigenvalue weighted by molar-refractivity contribution is -0.117. The molecule has 1 N–H and O–H groups in total. The SMILES string of the molecule is [2H]CC1OC(N2C=CC(=O)NC2=C)C(F)C1OP(OCCCCSSC(C)(C)CN(C)C)N(C(C)C)C(C)C. The summed E-state index contributed by atoms with van der Waals surface area (Å²) in [5, 5.41) is 2.57. The van der Waals surface area contributed by atoms with Gasteiger partial charge in [0.15, 0.2) is 12.4 Å². The average Bonchev–Trinajstić information content (AvgIpc) is 3.12. The van der Waals surface area contributed by atoms with Crippen molar-refractivity contribution < 1.29 is 24.3 Å². The van der Waals surface area contributed by atoms with Gasteiger partial charge >= 0.3 is 0 Å². The normalized spacial score (nSPS) is 25.7. The van der Waals surface area contributed by atoms with Gasteiger partial charge in [0.05, 0.1) is 12.7 Å². The van der Waals surface area contributed by atoms with Crippen molar-refractivity contribution in [3.63, 3.8) is 0 Å². The summed E-state index contributed by atoms with van der Waals surface area (Å²) in [4.78, 5) is 15.3. The molecule has 0 aliphatic carbocycles. The van der Waals surface area contributed by atoms with Crippen LogP contribution in [0, 0.1) is 0 Å². The zero-order valence-corrected chi connectivity index (χ0v) is 26.7. The van der Waals surface area contributed by atoms with E-state index in [2.05, 4.69) is 77.1 Å². The first-order valence-electron chi connectivity index (χ1n) is 13.9. The van der Waals surface area contributed by atoms with Crippen LogP contribution < -0.4 is 5.32 Å². The fraction of sp³-hybridized carbons (Fsp3) is 0.808. The highest BCUT2D eigenvalue weighted by atomic mass is 33.1. The van der Waals surface area contributed by atoms with Crippen LogP contribution in [0.15, 0.2) is 24.7 Å². The summed E-state index contributed by atoms with van der Waals surface area (Å²) >= 11 is 0. The van der Waals surface area contributed by atoms with Crippen LogP contribution in [0.1, 0.15) is 62.7 Å². The second-order valence-electron chi connectivity index (χ2n) is 11.0. The van der Waals surface area contributed by atoms with E-state index in [0.717, 1.165) is 25.1 Å². The highest BCUT2D eigenvalue weighted by Crippen LogP contribution is 2.50. The van der Waals surface area contributed by atoms with E-state index in [-0.39, 0.29) is 35.5 Å². The lowest BCUT2D eigenvalue weighted by atomic mass is 10.1. The molecule has 220 valence electrons. The third kappa shape index (κ3) is 10.2. The van der Waals surface area contributed by atoms with Gasteiger partial charge in [0.1, 0.15) is 11.9 Å². The van der Waals surface area contributed by atoms with Crippen molar-refractivity contribution in [2.45, 2.75) is 103 Å². The number of unbranched alkanes of at least 4 members (excludes halogenated alkanes) is 1. The highest BCUT2D eigenvalue weighted by molar-refractivity contribution is 8.77. The van der Waals surface area contributed by atoms with Gasteiger partial charge in [-0.15, -0.1) is 0 Å². The molecule has 0 aromatic rings. The minimum atomic E-state index is -1.60. The molecule has 1 fully saturated rings. The Morgan fingerprint density at radius 1 is 1.32 bits per heavy atom. The summed E-state index contributed by atoms with van der Waals surface area (Å²) < 4.78 is 44.7. The zero-order valence-electron chi connectivity index (χ0n) is 25.2. The molecule has 12 heteroatoms. The predicted octanol–water partition coefficient (Wildman–Crippen LogP) is 5.74. The first kappa shape index (κ1) is 32.1. The van der Waals surface area contributed by atoms with Crippen molar-refractivity contribution in [3.05, 3.63) is 24.7 Å². The fourth-order valence-electron chi connectivity index (χ4n) is 4.39. The lowest BCUT2D eigenvalue weighted by Crippen LogP contribution is -2.45. The number of rotatable bonds is 16. The minimum Gasteiger partial charge on any atom is -0.349 e. The Kier molecular flexibility index (Phi) is 13.2. The van der Waals surface area contributed by atoms with Crippen LogP contribution in [0.3, 0.4) is 0 Å². The molecule has 38 heavy (non-hydrogen) atoms. The van der Waals surface area contributed by atoms with Crippen LogP contribution in [0.4, 0.5) is 4.39 Å². The van der Waals surface area contributed by atoms with Gasteiger partial charge in [0.2, 0.25) is 0 Å². The van der Waals surface area contributed by atoms with Crippen LogP contribution in [0.25, 0.3) is 0 Å². The van der Waals surface area contributed by atoms with Crippen molar-refractivity contribution in [1.29, 1.82) is 0 Å². The molecular formula is C26H48FN4O4PS2. The van der Waals surface area contributed by atoms with Gasteiger partial charge in [-0.2, -0.15) is 0 Å². The van der Waals surface area contributed by atoms with Crippen molar-refractivity contribution in [2.24, 2.45) is 0 Å². The Hall–Kier alpha value is -0.390. The topological polar surface area (TPSA) is 66.5 Å². The minimum absolute atomic E-state index is 0.118. The van der Waals surface area contributed by atoms with Crippen molar-refractivity contribution >= 4 is 36.0 Å². The van der Waals surface area contributed by atoms with Crippen LogP contribution in [0.2, 0.25) is 0 Å². The van der Waals surface area contributed by atoms with Gasteiger partial charge in [-0.25, -0.2) is 9.06 Å². The molecule has 0 aromatic heterocycles. The van der Waals surface area contributed by atoms with Crippen LogP contribution in [0.5, 0.6) is 0 Å². The Morgan fingerprint density at radius 2 is 2.00 bits per heavy atom. The maximum Gasteiger partial charge on any atom is 0.259 e. The van der Waals surface area contributed by atoms with E-state index < -0.39 is 33.1 Å². The molecule has 1 saturated heterocycles. The molecule has 0 aromatic carbocycles. The van der Waals surface area contributed by atoms with E-state index in [1.54, 1.807) is 0 Å². The van der Waals surface area contributed by atoms with Crippen molar-refractivity contribution in [3.8, 4) is 0 Å². The maximum atomic E-state index is 15.8. The number of halogens is 1. The zero-order chi connectivity index (χ0) is 29.3. The summed E-state index contributed by atoms with van der Waals surface area (Å²) in [5.74, 6) is 0.923. The lowest BCUT2D eigenvalue weighted by Gasteiger charge is -2.37. The average molecular weight is 596 g/mol. The summed E-state index contributed by atoms with van der Waals surface area (Å²) in [6, 6.07) is 0.236. The molecule has 2 aliphatic heterocycles. The van der Waals surface area contributed by atoms with Crippen LogP contribution in [-0.4, -0.2) is 94.8 Å². The number of hydrogen-bond donors (Lipinski definition) is 1. The van der Waals surface area contributed by atoms with E-state index in [1.165, 1.54) is 17.2 Å². The molecule has 5 atom stereocenters. The molecule has 0 spiro atoms. The van der Waals surface area contributed by atoms with E-state index in [1.807, 2.05) is 21.6 Å². The van der Waals surface area contributed by atoms with E-state index in [0.29, 0.717) is 6.61 Å². The van der Waals surface area contributed by atoms with Crippen LogP contribution >= 0.6 is 30.1 Å². The standard InChI is InChI=1S/C26H48FN4O4PS2/c1-18(2)31(19(3)4)36(33-15-11-12-16-37-38-26(7,8)17-29(9)10)35-24-20(5)34-25(23(24)27)30-14-13-22(32)28-21(30)6/h13-14,18-20,23-25H,6,11-12,15-17H2,1-5,7-10H3,(H,28,32)/i5D. The molecule has 5 unspecified atom stereocenters. The number of carbonyl (C=O) groups excluding carboxylic acids is 1. The first-order chi connectivity index (χ1) is 18.3. The van der Waals surface area contributed by atoms with E-state index >= 15 is 4.39 Å². The van der Waals surface area contributed by atoms with Gasteiger partial charge in [0, 0.05) is 42.8 Å². The first-order valence-corrected chi connectivity index (χ1v) is 16.6. The van der Waals surface area contributed by atoms with Crippen molar-refractivity contribution in [2.75, 3.05) is 33.0 Å². The van der Waals surface area contributed by atoms with Gasteiger partial charge < -0.3 is 28.9 Å². The smallest absolute Gasteiger partial charge is 0.259 e. The Bertz CT molecular complexity index is 819. The van der Waals surface area contributed by atoms with E-state index in [9.17, 15) is 4.79 Å². The number of amides is 1. The number of alkyl halides is 1. The number of hydrogen-bond acceptors (Lipinski definition) is 9. The van der Waals surface area contributed by atoms with Gasteiger partial charge in [-0.05, 0) is 75.4 Å². The Balaban J connectivity index is 2.00. The summed E-state index contributed by atoms with van der Waals surface area (Å²) in [7, 11) is 6.40. The third-order valence-corrected chi connectivity index (χ3v) is 11.3. The monoisotopic (exact) mass is 595 g/mol. The number of carbonyl (C=O) groups is 1. The van der Waals surface area contributed by atoms with Gasteiger partial charge in [0.25, 0.3) is 14.4 Å². The molecule has 8 nitrogen and oxygen atoms in total. The molecule has 0 radical (unpaired) electrons. The summed E-state index contributed by atoms with van der Waals surface area (Å²) in [5.41, 5.74) is 0. The molecule has 0 saturated carbocycles. The fourth-order valence-corrected chi connectivity index (χ4v) is 8.95. The Labute approximate surface area is 240 Å². The van der Waals surface area contributed by atoms with Crippen LogP contribution in [-0.2, 0) is 18.6 Å². The highest BCUT2D eigenvalue weighted by Gasteiger charge is 2.49. The molecule has 2 heterocycles. The second-order valence-corrected chi connectivity index (χ2v) is 15.5. The quantitative estimate of drug-likeness (QED) is 0.137. The number of nitrogens with one attached hydrogen (secondary N) is 1. The number of nitrogens with zero attached hydrogens (tertiary/aromatic N) is 3. The predicted molar refractivity (Wildman–Crippen MR) is 159 cm³/mol. The summed E-state index contributed by atoms with van der Waals surface area (Å²) in [6.07, 6.45) is 0.247. The second kappa shape index (κ2) is 15.6. The number of ether oxygens (including phenoxy) is 1. The molecule has 2 aliphatic rings. The Morgan fingerprint density at radius 3 is 2.58 bits per heavy atom. The molecular weight excluding hydrogens is 546 g/mol. The third-order valence-electron chi connectivity index (χ3n) is 5.77. The molecule has 1 amide bonds. The summed E-state index contributed by atoms with van der Waals surface area (Å²) in [6.45, 7) is 18.0. The largest absolute Gasteiger partial charge is 0.349 e. The van der Waals surface area contributed by atoms with E-state index in [4.69, 9.17) is 15.2 Å². The molecule has 2 rings (SSSR count).